The molecule has 0 saturated carbocycles. The smallest absolute Gasteiger partial charge is 0.262 e. The van der Waals surface area contributed by atoms with E-state index in [2.05, 4.69) is 161 Å². The van der Waals surface area contributed by atoms with Crippen molar-refractivity contribution in [2.45, 2.75) is 13.5 Å². The van der Waals surface area contributed by atoms with Crippen molar-refractivity contribution in [2.75, 3.05) is 9.80 Å². The zero-order chi connectivity index (χ0) is 25.0. The first-order chi connectivity index (χ1) is 18.3. The van der Waals surface area contributed by atoms with Gasteiger partial charge < -0.3 is 0 Å². The van der Waals surface area contributed by atoms with Crippen LogP contribution in [0.25, 0.3) is 16.3 Å². The monoisotopic (exact) mass is 498 g/mol. The fourth-order valence-corrected chi connectivity index (χ4v) is 6.02. The number of hydrogen-bond acceptors (Lipinski definition) is 3. The summed E-state index contributed by atoms with van der Waals surface area (Å²) in [7, 11) is 0. The SMILES string of the molecule is CC[n+]1c(/C=C/C=C/C=C2N(c3ccccc3)c3ccccc3N2c2ccccc2)sc2ccccc21. The lowest BCUT2D eigenvalue weighted by atomic mass is 10.2. The second-order valence-electron chi connectivity index (χ2n) is 8.75. The van der Waals surface area contributed by atoms with Crippen LogP contribution in [0.4, 0.5) is 22.7 Å². The molecule has 0 N–H and O–H groups in total. The van der Waals surface area contributed by atoms with Gasteiger partial charge in [-0.3, -0.25) is 9.80 Å². The maximum absolute atomic E-state index is 2.37. The van der Waals surface area contributed by atoms with E-state index in [0.717, 1.165) is 23.7 Å². The van der Waals surface area contributed by atoms with E-state index in [1.54, 1.807) is 0 Å². The molecular weight excluding hydrogens is 470 g/mol. The van der Waals surface area contributed by atoms with Crippen molar-refractivity contribution in [3.8, 4) is 0 Å². The van der Waals surface area contributed by atoms with E-state index in [0.29, 0.717) is 0 Å². The lowest BCUT2D eigenvalue weighted by molar-refractivity contribution is -0.665. The summed E-state index contributed by atoms with van der Waals surface area (Å²) < 4.78 is 3.68. The molecule has 1 aliphatic heterocycles. The summed E-state index contributed by atoms with van der Waals surface area (Å²) in [6.07, 6.45) is 10.8. The molecule has 0 radical (unpaired) electrons. The van der Waals surface area contributed by atoms with E-state index in [1.165, 1.54) is 26.6 Å². The van der Waals surface area contributed by atoms with Gasteiger partial charge in [0.15, 0.2) is 0 Å². The van der Waals surface area contributed by atoms with Gasteiger partial charge >= 0.3 is 0 Å². The van der Waals surface area contributed by atoms with Crippen LogP contribution in [0.5, 0.6) is 0 Å². The molecule has 6 rings (SSSR count). The van der Waals surface area contributed by atoms with Crippen molar-refractivity contribution >= 4 is 50.4 Å². The highest BCUT2D eigenvalue weighted by atomic mass is 32.1. The highest BCUT2D eigenvalue weighted by molar-refractivity contribution is 7.18. The third-order valence-corrected chi connectivity index (χ3v) is 7.64. The summed E-state index contributed by atoms with van der Waals surface area (Å²) in [4.78, 5) is 4.65. The molecule has 2 heterocycles. The average Bonchev–Trinajstić information content (AvgIpc) is 3.48. The van der Waals surface area contributed by atoms with Gasteiger partial charge in [-0.15, -0.1) is 0 Å². The minimum absolute atomic E-state index is 0.952. The van der Waals surface area contributed by atoms with Gasteiger partial charge in [-0.05, 0) is 55.5 Å². The van der Waals surface area contributed by atoms with Crippen LogP contribution in [0.15, 0.2) is 139 Å². The first kappa shape index (κ1) is 23.0. The van der Waals surface area contributed by atoms with E-state index < -0.39 is 0 Å². The number of aryl methyl sites for hydroxylation is 1. The maximum atomic E-state index is 2.37. The summed E-state index contributed by atoms with van der Waals surface area (Å²) in [5.41, 5.74) is 5.90. The number of aromatic nitrogens is 1. The lowest BCUT2D eigenvalue weighted by Gasteiger charge is -2.25. The first-order valence-corrected chi connectivity index (χ1v) is 13.4. The third-order valence-electron chi connectivity index (χ3n) is 6.51. The Morgan fingerprint density at radius 1 is 0.649 bits per heavy atom. The summed E-state index contributed by atoms with van der Waals surface area (Å²) >= 11 is 1.83. The van der Waals surface area contributed by atoms with Crippen LogP contribution >= 0.6 is 11.3 Å². The normalized spacial score (nSPS) is 13.3. The number of anilines is 4. The van der Waals surface area contributed by atoms with Crippen molar-refractivity contribution in [3.63, 3.8) is 0 Å². The Hall–Kier alpha value is -4.41. The molecule has 5 aromatic rings. The molecule has 1 aromatic heterocycles. The van der Waals surface area contributed by atoms with Crippen LogP contribution in [0, 0.1) is 0 Å². The maximum Gasteiger partial charge on any atom is 0.262 e. The Labute approximate surface area is 222 Å². The Balaban J connectivity index is 1.38. The minimum Gasteiger partial charge on any atom is -0.294 e. The highest BCUT2D eigenvalue weighted by Crippen LogP contribution is 2.49. The van der Waals surface area contributed by atoms with Gasteiger partial charge in [0, 0.05) is 23.5 Å². The summed E-state index contributed by atoms with van der Waals surface area (Å²) in [5.74, 6) is 1.09. The first-order valence-electron chi connectivity index (χ1n) is 12.6. The van der Waals surface area contributed by atoms with Crippen LogP contribution in [-0.4, -0.2) is 0 Å². The molecular formula is C33H28N3S+. The predicted molar refractivity (Wildman–Crippen MR) is 158 cm³/mol. The molecule has 0 bridgehead atoms. The van der Waals surface area contributed by atoms with Crippen LogP contribution in [0.1, 0.15) is 11.9 Å². The fraction of sp³-hybridized carbons (Fsp3) is 0.0606. The third kappa shape index (κ3) is 4.37. The van der Waals surface area contributed by atoms with Crippen molar-refractivity contribution in [2.24, 2.45) is 0 Å². The van der Waals surface area contributed by atoms with E-state index in [4.69, 9.17) is 0 Å². The fourth-order valence-electron chi connectivity index (χ4n) is 4.88. The number of hydrogen-bond donors (Lipinski definition) is 0. The number of benzene rings is 4. The molecule has 1 aliphatic rings. The average molecular weight is 499 g/mol. The number of nitrogens with zero attached hydrogens (tertiary/aromatic N) is 3. The molecule has 0 unspecified atom stereocenters. The zero-order valence-corrected chi connectivity index (χ0v) is 21.6. The number of rotatable bonds is 6. The summed E-state index contributed by atoms with van der Waals surface area (Å²) in [5, 5.41) is 1.26. The number of para-hydroxylation sites is 5. The van der Waals surface area contributed by atoms with E-state index in [-0.39, 0.29) is 0 Å². The van der Waals surface area contributed by atoms with Crippen LogP contribution in [0.3, 0.4) is 0 Å². The molecule has 0 saturated heterocycles. The molecule has 0 aliphatic carbocycles. The van der Waals surface area contributed by atoms with E-state index >= 15 is 0 Å². The van der Waals surface area contributed by atoms with E-state index in [9.17, 15) is 0 Å². The standard InChI is InChI=1S/C33H28N3S/c1-2-34-30-22-14-15-23-31(30)37-33(34)25-11-5-10-24-32-35(26-16-6-3-7-17-26)28-20-12-13-21-29(28)36(32)27-18-8-4-9-19-27/h3-25H,2H2,1H3/q+1. The molecule has 4 heteroatoms. The zero-order valence-electron chi connectivity index (χ0n) is 20.7. The Morgan fingerprint density at radius 2 is 1.22 bits per heavy atom. The molecule has 37 heavy (non-hydrogen) atoms. The Bertz CT molecular complexity index is 1550. The van der Waals surface area contributed by atoms with E-state index in [1.807, 2.05) is 11.3 Å². The second-order valence-corrected chi connectivity index (χ2v) is 9.81. The van der Waals surface area contributed by atoms with Crippen molar-refractivity contribution in [3.05, 3.63) is 144 Å². The minimum atomic E-state index is 0.952. The topological polar surface area (TPSA) is 10.4 Å². The van der Waals surface area contributed by atoms with Crippen LogP contribution < -0.4 is 14.4 Å². The van der Waals surface area contributed by atoms with Gasteiger partial charge in [0.2, 0.25) is 5.52 Å². The highest BCUT2D eigenvalue weighted by Gasteiger charge is 2.32. The van der Waals surface area contributed by atoms with Gasteiger partial charge in [-0.2, -0.15) is 4.57 Å². The van der Waals surface area contributed by atoms with Gasteiger partial charge in [0.25, 0.3) is 5.01 Å². The molecule has 180 valence electrons. The number of fused-ring (bicyclic) bond motifs is 2. The largest absolute Gasteiger partial charge is 0.294 e. The summed E-state index contributed by atoms with van der Waals surface area (Å²) in [6, 6.07) is 38.3. The summed E-state index contributed by atoms with van der Waals surface area (Å²) in [6.45, 7) is 3.15. The molecule has 0 fully saturated rings. The molecule has 3 nitrogen and oxygen atoms in total. The van der Waals surface area contributed by atoms with Crippen molar-refractivity contribution in [1.82, 2.24) is 0 Å². The van der Waals surface area contributed by atoms with Gasteiger partial charge in [-0.25, -0.2) is 0 Å². The van der Waals surface area contributed by atoms with Gasteiger partial charge in [0.1, 0.15) is 17.1 Å². The van der Waals surface area contributed by atoms with Crippen molar-refractivity contribution in [1.29, 1.82) is 0 Å². The predicted octanol–water partition coefficient (Wildman–Crippen LogP) is 8.61. The molecule has 0 atom stereocenters. The van der Waals surface area contributed by atoms with Crippen LogP contribution in [0.2, 0.25) is 0 Å². The second kappa shape index (κ2) is 10.3. The Morgan fingerprint density at radius 3 is 1.84 bits per heavy atom. The molecule has 0 spiro atoms. The Kier molecular flexibility index (Phi) is 6.40. The molecule has 0 amide bonds. The molecule has 4 aromatic carbocycles. The number of allylic oxidation sites excluding steroid dienone is 4. The number of thiazole rings is 1. The lowest BCUT2D eigenvalue weighted by Crippen LogP contribution is -2.33. The quantitative estimate of drug-likeness (QED) is 0.171. The van der Waals surface area contributed by atoms with Gasteiger partial charge in [-0.1, -0.05) is 90.2 Å². The van der Waals surface area contributed by atoms with Gasteiger partial charge in [0.05, 0.1) is 11.4 Å². The van der Waals surface area contributed by atoms with Crippen LogP contribution in [-0.2, 0) is 6.54 Å². The van der Waals surface area contributed by atoms with Crippen molar-refractivity contribution < 1.29 is 4.57 Å².